The zero-order chi connectivity index (χ0) is 27.4. The van der Waals surface area contributed by atoms with Crippen molar-refractivity contribution < 1.29 is 37.8 Å². The highest BCUT2D eigenvalue weighted by Gasteiger charge is 2.77. The monoisotopic (exact) mass is 516 g/mol. The molecule has 0 aliphatic heterocycles. The van der Waals surface area contributed by atoms with Crippen LogP contribution < -0.4 is 0 Å². The van der Waals surface area contributed by atoms with Crippen LogP contribution in [0.4, 0.5) is 4.39 Å². The molecule has 4 rings (SSSR count). The second kappa shape index (κ2) is 9.28. The van der Waals surface area contributed by atoms with Gasteiger partial charge >= 0.3 is 11.9 Å². The Balaban J connectivity index is 1.80. The van der Waals surface area contributed by atoms with Gasteiger partial charge in [-0.15, -0.1) is 0 Å². The number of carbonyl (C=O) groups is 5. The number of allylic oxidation sites excluding steroid dienone is 4. The van der Waals surface area contributed by atoms with E-state index in [2.05, 4.69) is 0 Å². The summed E-state index contributed by atoms with van der Waals surface area (Å²) in [4.78, 5) is 64.5. The number of ether oxygens (including phenoxy) is 2. The minimum absolute atomic E-state index is 0.0841. The Labute approximate surface area is 217 Å². The molecule has 0 aromatic rings. The number of ketones is 3. The van der Waals surface area contributed by atoms with Gasteiger partial charge in [0.15, 0.2) is 29.4 Å². The van der Waals surface area contributed by atoms with Crippen LogP contribution in [0.5, 0.6) is 0 Å². The Bertz CT molecular complexity index is 1110. The van der Waals surface area contributed by atoms with Crippen LogP contribution >= 0.6 is 0 Å². The first-order chi connectivity index (χ1) is 17.3. The Morgan fingerprint density at radius 3 is 2.46 bits per heavy atom. The van der Waals surface area contributed by atoms with Gasteiger partial charge < -0.3 is 9.47 Å². The van der Waals surface area contributed by atoms with Gasteiger partial charge in [-0.2, -0.15) is 0 Å². The lowest BCUT2D eigenvalue weighted by Crippen LogP contribution is -2.68. The molecule has 0 radical (unpaired) electrons. The van der Waals surface area contributed by atoms with Crippen LogP contribution in [0.25, 0.3) is 0 Å². The summed E-state index contributed by atoms with van der Waals surface area (Å²) in [5.74, 6) is -4.23. The van der Waals surface area contributed by atoms with Gasteiger partial charge in [0.05, 0.1) is 0 Å². The van der Waals surface area contributed by atoms with Crippen LogP contribution in [-0.2, 0) is 33.4 Å². The minimum atomic E-state index is -2.25. The maximum absolute atomic E-state index is 17.3. The second-order valence-corrected chi connectivity index (χ2v) is 11.6. The van der Waals surface area contributed by atoms with Gasteiger partial charge in [0.1, 0.15) is 0 Å². The van der Waals surface area contributed by atoms with Gasteiger partial charge in [-0.05, 0) is 50.7 Å². The summed E-state index contributed by atoms with van der Waals surface area (Å²) in [5, 5.41) is 0. The van der Waals surface area contributed by atoms with Crippen LogP contribution in [0.2, 0.25) is 0 Å². The van der Waals surface area contributed by atoms with E-state index in [9.17, 15) is 24.0 Å². The van der Waals surface area contributed by atoms with Gasteiger partial charge in [-0.1, -0.05) is 39.3 Å². The molecule has 0 spiro atoms. The molecule has 0 heterocycles. The smallest absolute Gasteiger partial charge is 0.306 e. The third-order valence-electron chi connectivity index (χ3n) is 9.74. The fourth-order valence-electron chi connectivity index (χ4n) is 7.92. The summed E-state index contributed by atoms with van der Waals surface area (Å²) in [6, 6.07) is 0. The molecule has 4 aliphatic rings. The number of fused-ring (bicyclic) bond motifs is 5. The van der Waals surface area contributed by atoms with Crippen molar-refractivity contribution in [1.82, 2.24) is 0 Å². The van der Waals surface area contributed by atoms with Crippen molar-refractivity contribution in [2.75, 3.05) is 6.61 Å². The third kappa shape index (κ3) is 3.68. The molecule has 0 amide bonds. The second-order valence-electron chi connectivity index (χ2n) is 11.6. The molecule has 7 nitrogen and oxygen atoms in total. The van der Waals surface area contributed by atoms with E-state index in [4.69, 9.17) is 9.47 Å². The summed E-state index contributed by atoms with van der Waals surface area (Å²) >= 11 is 0. The Hall–Kier alpha value is -2.64. The van der Waals surface area contributed by atoms with Gasteiger partial charge in [-0.3, -0.25) is 24.0 Å². The fraction of sp³-hybridized carbons (Fsp3) is 0.690. The highest BCUT2D eigenvalue weighted by molar-refractivity contribution is 6.03. The van der Waals surface area contributed by atoms with E-state index in [1.165, 1.54) is 18.2 Å². The van der Waals surface area contributed by atoms with Crippen molar-refractivity contribution in [3.63, 3.8) is 0 Å². The van der Waals surface area contributed by atoms with Gasteiger partial charge in [-0.25, -0.2) is 4.39 Å². The molecule has 4 aliphatic carbocycles. The summed E-state index contributed by atoms with van der Waals surface area (Å²) in [6.45, 7) is 8.08. The number of hydrogen-bond donors (Lipinski definition) is 0. The molecular weight excluding hydrogens is 479 g/mol. The van der Waals surface area contributed by atoms with Crippen molar-refractivity contribution in [2.45, 2.75) is 90.8 Å². The Kier molecular flexibility index (Phi) is 6.87. The molecule has 3 fully saturated rings. The number of rotatable bonds is 7. The lowest BCUT2D eigenvalue weighted by Gasteiger charge is -2.59. The normalized spacial score (nSPS) is 40.3. The standard InChI is InChI=1S/C29H37FO7/c1-6-8-25(35)37-29(23(33)16-36-24(34)7-2)17(3)13-21-20-10-9-18-14-19(31)11-12-26(18,4)28(20,30)22(32)15-27(21,29)5/h11-12,14,17,20-21H,6-10,13,15-16H2,1-5H3/t17-,20-,21-,26-,27-,28-,29-/m0/s1. The van der Waals surface area contributed by atoms with Crippen LogP contribution in [-0.4, -0.2) is 47.2 Å². The lowest BCUT2D eigenvalue weighted by atomic mass is 9.45. The number of esters is 2. The van der Waals surface area contributed by atoms with Crippen molar-refractivity contribution in [1.29, 1.82) is 0 Å². The van der Waals surface area contributed by atoms with E-state index in [0.717, 1.165) is 0 Å². The van der Waals surface area contributed by atoms with Crippen LogP contribution in [0.15, 0.2) is 23.8 Å². The van der Waals surface area contributed by atoms with Gasteiger partial charge in [0.2, 0.25) is 5.78 Å². The lowest BCUT2D eigenvalue weighted by molar-refractivity contribution is -0.204. The first kappa shape index (κ1) is 27.4. The summed E-state index contributed by atoms with van der Waals surface area (Å²) in [5.41, 5.74) is -5.78. The third-order valence-corrected chi connectivity index (χ3v) is 9.74. The molecule has 3 saturated carbocycles. The van der Waals surface area contributed by atoms with Crippen molar-refractivity contribution in [2.24, 2.45) is 28.6 Å². The zero-order valence-electron chi connectivity index (χ0n) is 22.4. The molecule has 0 unspecified atom stereocenters. The number of alkyl halides is 1. The predicted molar refractivity (Wildman–Crippen MR) is 132 cm³/mol. The number of hydrogen-bond acceptors (Lipinski definition) is 7. The molecule has 7 atom stereocenters. The SMILES string of the molecule is CCCC(=O)O[C@]1(C(=O)COC(=O)CC)[C@@H](C)C[C@H]2[C@@H]3CCC4=CC(=O)C=C[C@]4(C)[C@@]3(F)C(=O)C[C@@]21C. The summed E-state index contributed by atoms with van der Waals surface area (Å²) in [6.07, 6.45) is 5.87. The average Bonchev–Trinajstić information content (AvgIpc) is 3.05. The van der Waals surface area contributed by atoms with E-state index in [1.54, 1.807) is 27.7 Å². The molecule has 0 N–H and O–H groups in total. The minimum Gasteiger partial charge on any atom is -0.457 e. The largest absolute Gasteiger partial charge is 0.457 e. The van der Waals surface area contributed by atoms with E-state index in [0.29, 0.717) is 31.3 Å². The predicted octanol–water partition coefficient (Wildman–Crippen LogP) is 4.42. The number of carbonyl (C=O) groups excluding carboxylic acids is 5. The topological polar surface area (TPSA) is 104 Å². The maximum Gasteiger partial charge on any atom is 0.306 e. The van der Waals surface area contributed by atoms with Gasteiger partial charge in [0, 0.05) is 41.9 Å². The molecule has 0 aromatic carbocycles. The molecular formula is C29H37FO7. The molecule has 0 saturated heterocycles. The summed E-state index contributed by atoms with van der Waals surface area (Å²) < 4.78 is 28.5. The number of halogens is 1. The molecule has 8 heteroatoms. The molecule has 0 bridgehead atoms. The molecule has 202 valence electrons. The van der Waals surface area contributed by atoms with E-state index in [1.807, 2.05) is 6.92 Å². The zero-order valence-corrected chi connectivity index (χ0v) is 22.4. The van der Waals surface area contributed by atoms with Crippen molar-refractivity contribution in [3.8, 4) is 0 Å². The fourth-order valence-corrected chi connectivity index (χ4v) is 7.92. The van der Waals surface area contributed by atoms with E-state index in [-0.39, 0.29) is 25.0 Å². The Morgan fingerprint density at radius 1 is 1.11 bits per heavy atom. The van der Waals surface area contributed by atoms with Crippen molar-refractivity contribution in [3.05, 3.63) is 23.8 Å². The highest BCUT2D eigenvalue weighted by Crippen LogP contribution is 2.70. The maximum atomic E-state index is 17.3. The Morgan fingerprint density at radius 2 is 1.81 bits per heavy atom. The average molecular weight is 517 g/mol. The summed E-state index contributed by atoms with van der Waals surface area (Å²) in [7, 11) is 0. The quantitative estimate of drug-likeness (QED) is 0.462. The van der Waals surface area contributed by atoms with Gasteiger partial charge in [0.25, 0.3) is 0 Å². The van der Waals surface area contributed by atoms with Crippen LogP contribution in [0.1, 0.15) is 79.6 Å². The first-order valence-electron chi connectivity index (χ1n) is 13.4. The highest BCUT2D eigenvalue weighted by atomic mass is 19.1. The van der Waals surface area contributed by atoms with Crippen molar-refractivity contribution >= 4 is 29.3 Å². The molecule has 0 aromatic heterocycles. The van der Waals surface area contributed by atoms with E-state index < -0.39 is 70.0 Å². The molecule has 37 heavy (non-hydrogen) atoms. The van der Waals surface area contributed by atoms with E-state index >= 15 is 4.39 Å². The van der Waals surface area contributed by atoms with Crippen LogP contribution in [0.3, 0.4) is 0 Å². The number of Topliss-reactive ketones (excluding diaryl/α,β-unsaturated/α-hetero) is 2. The first-order valence-corrected chi connectivity index (χ1v) is 13.4. The van der Waals surface area contributed by atoms with Crippen LogP contribution in [0, 0.1) is 28.6 Å².